The standard InChI is InChI=1S/C17H30N2O2/c1-5-13(4)11-19-15(20)14(10-12(2)3)18-16(21)17(19)8-6-7-9-17/h12-14H,5-11H2,1-4H3,(H,18,21). The van der Waals surface area contributed by atoms with Crippen LogP contribution < -0.4 is 5.32 Å². The summed E-state index contributed by atoms with van der Waals surface area (Å²) in [4.78, 5) is 27.6. The van der Waals surface area contributed by atoms with E-state index in [1.165, 1.54) is 0 Å². The van der Waals surface area contributed by atoms with Crippen LogP contribution >= 0.6 is 0 Å². The van der Waals surface area contributed by atoms with Gasteiger partial charge in [-0.2, -0.15) is 0 Å². The topological polar surface area (TPSA) is 49.4 Å². The minimum atomic E-state index is -0.548. The molecule has 1 saturated carbocycles. The van der Waals surface area contributed by atoms with E-state index in [1.807, 2.05) is 4.90 Å². The van der Waals surface area contributed by atoms with Crippen LogP contribution in [0.1, 0.15) is 66.2 Å². The molecule has 1 aliphatic heterocycles. The quantitative estimate of drug-likeness (QED) is 0.847. The molecule has 0 aromatic rings. The molecule has 0 bridgehead atoms. The number of carbonyl (C=O) groups excluding carboxylic acids is 2. The molecule has 0 aromatic heterocycles. The lowest BCUT2D eigenvalue weighted by Crippen LogP contribution is -2.70. The summed E-state index contributed by atoms with van der Waals surface area (Å²) < 4.78 is 0. The molecule has 4 heteroatoms. The Morgan fingerprint density at radius 3 is 2.38 bits per heavy atom. The highest BCUT2D eigenvalue weighted by molar-refractivity contribution is 6.00. The fourth-order valence-corrected chi connectivity index (χ4v) is 3.67. The van der Waals surface area contributed by atoms with E-state index in [-0.39, 0.29) is 17.9 Å². The highest BCUT2D eigenvalue weighted by atomic mass is 16.2. The van der Waals surface area contributed by atoms with Crippen LogP contribution in [0.3, 0.4) is 0 Å². The van der Waals surface area contributed by atoms with Gasteiger partial charge in [0.1, 0.15) is 11.6 Å². The normalized spacial score (nSPS) is 26.5. The van der Waals surface area contributed by atoms with Crippen molar-refractivity contribution in [2.24, 2.45) is 11.8 Å². The lowest BCUT2D eigenvalue weighted by atomic mass is 9.86. The molecule has 2 atom stereocenters. The Morgan fingerprint density at radius 1 is 1.24 bits per heavy atom. The first-order valence-corrected chi connectivity index (χ1v) is 8.53. The first kappa shape index (κ1) is 16.3. The molecule has 2 unspecified atom stereocenters. The third-order valence-electron chi connectivity index (χ3n) is 5.14. The van der Waals surface area contributed by atoms with E-state index in [0.29, 0.717) is 11.8 Å². The molecule has 0 radical (unpaired) electrons. The number of amides is 2. The SMILES string of the molecule is CCC(C)CN1C(=O)C(CC(C)C)NC(=O)C12CCCC2. The van der Waals surface area contributed by atoms with E-state index in [2.05, 4.69) is 33.0 Å². The molecule has 1 heterocycles. The van der Waals surface area contributed by atoms with Crippen LogP contribution in [0.5, 0.6) is 0 Å². The molecule has 2 amide bonds. The van der Waals surface area contributed by atoms with Crippen molar-refractivity contribution < 1.29 is 9.59 Å². The summed E-state index contributed by atoms with van der Waals surface area (Å²) in [5.41, 5.74) is -0.548. The maximum Gasteiger partial charge on any atom is 0.246 e. The summed E-state index contributed by atoms with van der Waals surface area (Å²) in [6, 6.07) is -0.326. The minimum absolute atomic E-state index is 0.0913. The smallest absolute Gasteiger partial charge is 0.246 e. The van der Waals surface area contributed by atoms with Crippen LogP contribution in [0, 0.1) is 11.8 Å². The Morgan fingerprint density at radius 2 is 1.86 bits per heavy atom. The highest BCUT2D eigenvalue weighted by Crippen LogP contribution is 2.39. The summed E-state index contributed by atoms with van der Waals surface area (Å²) in [6.45, 7) is 9.22. The van der Waals surface area contributed by atoms with Gasteiger partial charge >= 0.3 is 0 Å². The predicted molar refractivity (Wildman–Crippen MR) is 83.8 cm³/mol. The van der Waals surface area contributed by atoms with Crippen molar-refractivity contribution in [3.8, 4) is 0 Å². The summed E-state index contributed by atoms with van der Waals surface area (Å²) in [6.07, 6.45) is 5.53. The van der Waals surface area contributed by atoms with E-state index < -0.39 is 5.54 Å². The zero-order valence-electron chi connectivity index (χ0n) is 13.9. The Bertz CT molecular complexity index is 400. The van der Waals surface area contributed by atoms with Gasteiger partial charge in [-0.15, -0.1) is 0 Å². The Labute approximate surface area is 128 Å². The maximum atomic E-state index is 12.9. The molecule has 2 rings (SSSR count). The Hall–Kier alpha value is -1.06. The summed E-state index contributed by atoms with van der Waals surface area (Å²) in [7, 11) is 0. The zero-order valence-corrected chi connectivity index (χ0v) is 13.9. The fraction of sp³-hybridized carbons (Fsp3) is 0.882. The minimum Gasteiger partial charge on any atom is -0.342 e. The lowest BCUT2D eigenvalue weighted by Gasteiger charge is -2.47. The van der Waals surface area contributed by atoms with Crippen LogP contribution in [0.15, 0.2) is 0 Å². The van der Waals surface area contributed by atoms with Gasteiger partial charge < -0.3 is 10.2 Å². The molecule has 21 heavy (non-hydrogen) atoms. The number of carbonyl (C=O) groups is 2. The van der Waals surface area contributed by atoms with E-state index in [4.69, 9.17) is 0 Å². The predicted octanol–water partition coefficient (Wildman–Crippen LogP) is 2.72. The Balaban J connectivity index is 2.26. The van der Waals surface area contributed by atoms with Crippen LogP contribution in [-0.2, 0) is 9.59 Å². The molecule has 1 aliphatic carbocycles. The molecule has 4 nitrogen and oxygen atoms in total. The fourth-order valence-electron chi connectivity index (χ4n) is 3.67. The molecule has 1 spiro atoms. The highest BCUT2D eigenvalue weighted by Gasteiger charge is 2.53. The third-order valence-corrected chi connectivity index (χ3v) is 5.14. The first-order valence-electron chi connectivity index (χ1n) is 8.53. The van der Waals surface area contributed by atoms with Crippen LogP contribution in [0.4, 0.5) is 0 Å². The molecule has 0 aromatic carbocycles. The average molecular weight is 294 g/mol. The van der Waals surface area contributed by atoms with Gasteiger partial charge in [-0.3, -0.25) is 9.59 Å². The van der Waals surface area contributed by atoms with Crippen molar-refractivity contribution in [2.45, 2.75) is 77.8 Å². The number of hydrogen-bond donors (Lipinski definition) is 1. The molecule has 2 fully saturated rings. The van der Waals surface area contributed by atoms with Crippen LogP contribution in [-0.4, -0.2) is 34.8 Å². The summed E-state index contributed by atoms with van der Waals surface area (Å²) in [5.74, 6) is 1.08. The second kappa shape index (κ2) is 6.37. The second-order valence-corrected chi connectivity index (χ2v) is 7.36. The van der Waals surface area contributed by atoms with Gasteiger partial charge in [-0.05, 0) is 31.1 Å². The van der Waals surface area contributed by atoms with Crippen molar-refractivity contribution in [1.82, 2.24) is 10.2 Å². The van der Waals surface area contributed by atoms with Gasteiger partial charge in [0, 0.05) is 6.54 Å². The van der Waals surface area contributed by atoms with Crippen molar-refractivity contribution in [3.05, 3.63) is 0 Å². The lowest BCUT2D eigenvalue weighted by molar-refractivity contribution is -0.158. The number of piperazine rings is 1. The maximum absolute atomic E-state index is 12.9. The zero-order chi connectivity index (χ0) is 15.6. The molecular weight excluding hydrogens is 264 g/mol. The van der Waals surface area contributed by atoms with Gasteiger partial charge in [-0.1, -0.05) is 47.0 Å². The average Bonchev–Trinajstić information content (AvgIpc) is 2.91. The van der Waals surface area contributed by atoms with E-state index in [1.54, 1.807) is 0 Å². The number of hydrogen-bond acceptors (Lipinski definition) is 2. The molecular formula is C17H30N2O2. The van der Waals surface area contributed by atoms with Crippen molar-refractivity contribution in [2.75, 3.05) is 6.54 Å². The van der Waals surface area contributed by atoms with Gasteiger partial charge in [-0.25, -0.2) is 0 Å². The Kier molecular flexibility index (Phi) is 4.95. The number of nitrogens with one attached hydrogen (secondary N) is 1. The van der Waals surface area contributed by atoms with Gasteiger partial charge in [0.2, 0.25) is 11.8 Å². The van der Waals surface area contributed by atoms with Gasteiger partial charge in [0.25, 0.3) is 0 Å². The molecule has 1 saturated heterocycles. The third kappa shape index (κ3) is 3.09. The van der Waals surface area contributed by atoms with Gasteiger partial charge in [0.15, 0.2) is 0 Å². The largest absolute Gasteiger partial charge is 0.342 e. The van der Waals surface area contributed by atoms with Crippen LogP contribution in [0.25, 0.3) is 0 Å². The summed E-state index contributed by atoms with van der Waals surface area (Å²) >= 11 is 0. The second-order valence-electron chi connectivity index (χ2n) is 7.36. The van der Waals surface area contributed by atoms with Crippen molar-refractivity contribution >= 4 is 11.8 Å². The summed E-state index contributed by atoms with van der Waals surface area (Å²) in [5, 5.41) is 3.02. The number of rotatable bonds is 5. The molecule has 2 aliphatic rings. The molecule has 1 N–H and O–H groups in total. The number of nitrogens with zero attached hydrogens (tertiary/aromatic N) is 1. The monoisotopic (exact) mass is 294 g/mol. The first-order chi connectivity index (χ1) is 9.90. The van der Waals surface area contributed by atoms with Crippen LogP contribution in [0.2, 0.25) is 0 Å². The van der Waals surface area contributed by atoms with Crippen molar-refractivity contribution in [1.29, 1.82) is 0 Å². The van der Waals surface area contributed by atoms with E-state index in [0.717, 1.165) is 45.1 Å². The molecule has 120 valence electrons. The van der Waals surface area contributed by atoms with E-state index in [9.17, 15) is 9.59 Å². The van der Waals surface area contributed by atoms with Gasteiger partial charge in [0.05, 0.1) is 0 Å². The van der Waals surface area contributed by atoms with E-state index >= 15 is 0 Å². The van der Waals surface area contributed by atoms with Crippen molar-refractivity contribution in [3.63, 3.8) is 0 Å².